The molecule has 1 aliphatic heterocycles. The van der Waals surface area contributed by atoms with Gasteiger partial charge in [-0.3, -0.25) is 14.4 Å². The second-order valence-corrected chi connectivity index (χ2v) is 4.11. The number of hydrogen-bond acceptors (Lipinski definition) is 6. The molecule has 1 saturated heterocycles. The summed E-state index contributed by atoms with van der Waals surface area (Å²) in [5.74, 6) is 0.0995. The SMILES string of the molecule is Nc1ccn(CC(=O)OCCN2CCOCC2)n1. The van der Waals surface area contributed by atoms with Gasteiger partial charge in [-0.15, -0.1) is 0 Å². The fraction of sp³-hybridized carbons (Fsp3) is 0.636. The van der Waals surface area contributed by atoms with E-state index >= 15 is 0 Å². The van der Waals surface area contributed by atoms with Crippen LogP contribution in [-0.2, 0) is 20.8 Å². The van der Waals surface area contributed by atoms with Gasteiger partial charge < -0.3 is 15.2 Å². The fourth-order valence-corrected chi connectivity index (χ4v) is 1.76. The summed E-state index contributed by atoms with van der Waals surface area (Å²) in [5.41, 5.74) is 5.45. The predicted molar refractivity (Wildman–Crippen MR) is 64.9 cm³/mol. The Kier molecular flexibility index (Phi) is 4.54. The Morgan fingerprint density at radius 2 is 2.28 bits per heavy atom. The monoisotopic (exact) mass is 254 g/mol. The summed E-state index contributed by atoms with van der Waals surface area (Å²) in [6.07, 6.45) is 1.65. The summed E-state index contributed by atoms with van der Waals surface area (Å²) >= 11 is 0. The van der Waals surface area contributed by atoms with Gasteiger partial charge in [0.2, 0.25) is 0 Å². The van der Waals surface area contributed by atoms with Gasteiger partial charge in [-0.25, -0.2) is 0 Å². The van der Waals surface area contributed by atoms with Crippen LogP contribution in [-0.4, -0.2) is 60.1 Å². The lowest BCUT2D eigenvalue weighted by atomic mass is 10.4. The molecule has 0 aromatic carbocycles. The molecule has 1 aromatic heterocycles. The number of esters is 1. The highest BCUT2D eigenvalue weighted by Gasteiger charge is 2.11. The van der Waals surface area contributed by atoms with Crippen LogP contribution >= 0.6 is 0 Å². The molecule has 7 nitrogen and oxygen atoms in total. The summed E-state index contributed by atoms with van der Waals surface area (Å²) in [6.45, 7) is 4.54. The van der Waals surface area contributed by atoms with Crippen molar-refractivity contribution in [3.8, 4) is 0 Å². The van der Waals surface area contributed by atoms with Crippen LogP contribution in [0.25, 0.3) is 0 Å². The predicted octanol–water partition coefficient (Wildman–Crippen LogP) is -0.659. The highest BCUT2D eigenvalue weighted by Crippen LogP contribution is 1.98. The molecule has 0 saturated carbocycles. The molecule has 2 heterocycles. The Bertz CT molecular complexity index is 387. The van der Waals surface area contributed by atoms with E-state index in [1.807, 2.05) is 0 Å². The second-order valence-electron chi connectivity index (χ2n) is 4.11. The quantitative estimate of drug-likeness (QED) is 0.702. The molecule has 0 bridgehead atoms. The van der Waals surface area contributed by atoms with E-state index < -0.39 is 0 Å². The Hall–Kier alpha value is -1.60. The zero-order valence-electron chi connectivity index (χ0n) is 10.2. The molecular weight excluding hydrogens is 236 g/mol. The van der Waals surface area contributed by atoms with Gasteiger partial charge in [0.05, 0.1) is 13.2 Å². The van der Waals surface area contributed by atoms with E-state index in [9.17, 15) is 4.79 Å². The summed E-state index contributed by atoms with van der Waals surface area (Å²) < 4.78 is 11.8. The van der Waals surface area contributed by atoms with Crippen LogP contribution < -0.4 is 5.73 Å². The third kappa shape index (κ3) is 4.01. The van der Waals surface area contributed by atoms with Gasteiger partial charge in [0, 0.05) is 25.8 Å². The largest absolute Gasteiger partial charge is 0.463 e. The zero-order chi connectivity index (χ0) is 12.8. The third-order valence-electron chi connectivity index (χ3n) is 2.73. The molecule has 0 spiro atoms. The second kappa shape index (κ2) is 6.36. The third-order valence-corrected chi connectivity index (χ3v) is 2.73. The van der Waals surface area contributed by atoms with Crippen LogP contribution in [0.15, 0.2) is 12.3 Å². The van der Waals surface area contributed by atoms with Crippen LogP contribution in [0, 0.1) is 0 Å². The minimum atomic E-state index is -0.300. The van der Waals surface area contributed by atoms with E-state index in [4.69, 9.17) is 15.2 Å². The highest BCUT2D eigenvalue weighted by molar-refractivity contribution is 5.69. The van der Waals surface area contributed by atoms with Crippen molar-refractivity contribution in [3.63, 3.8) is 0 Å². The van der Waals surface area contributed by atoms with E-state index in [1.165, 1.54) is 4.68 Å². The average molecular weight is 254 g/mol. The highest BCUT2D eigenvalue weighted by atomic mass is 16.5. The van der Waals surface area contributed by atoms with Gasteiger partial charge >= 0.3 is 5.97 Å². The minimum absolute atomic E-state index is 0.0975. The zero-order valence-corrected chi connectivity index (χ0v) is 10.2. The van der Waals surface area contributed by atoms with E-state index in [0.717, 1.165) is 32.8 Å². The first-order chi connectivity index (χ1) is 8.74. The molecule has 1 aromatic rings. The van der Waals surface area contributed by atoms with Crippen LogP contribution in [0.3, 0.4) is 0 Å². The maximum Gasteiger partial charge on any atom is 0.327 e. The van der Waals surface area contributed by atoms with E-state index in [-0.39, 0.29) is 12.5 Å². The van der Waals surface area contributed by atoms with Crippen molar-refractivity contribution >= 4 is 11.8 Å². The molecule has 2 N–H and O–H groups in total. The van der Waals surface area contributed by atoms with Crippen molar-refractivity contribution in [2.75, 3.05) is 45.2 Å². The van der Waals surface area contributed by atoms with Crippen molar-refractivity contribution in [2.45, 2.75) is 6.54 Å². The number of carbonyl (C=O) groups excluding carboxylic acids is 1. The first-order valence-electron chi connectivity index (χ1n) is 5.99. The molecule has 0 aliphatic carbocycles. The van der Waals surface area contributed by atoms with E-state index in [2.05, 4.69) is 10.00 Å². The maximum atomic E-state index is 11.5. The number of carbonyl (C=O) groups is 1. The van der Waals surface area contributed by atoms with Crippen molar-refractivity contribution in [1.29, 1.82) is 0 Å². The number of morpholine rings is 1. The number of nitrogens with zero attached hydrogens (tertiary/aromatic N) is 3. The topological polar surface area (TPSA) is 82.6 Å². The summed E-state index contributed by atoms with van der Waals surface area (Å²) in [4.78, 5) is 13.7. The first-order valence-corrected chi connectivity index (χ1v) is 5.99. The van der Waals surface area contributed by atoms with Crippen molar-refractivity contribution in [1.82, 2.24) is 14.7 Å². The number of nitrogen functional groups attached to an aromatic ring is 1. The normalized spacial score (nSPS) is 16.7. The summed E-state index contributed by atoms with van der Waals surface area (Å²) in [5, 5.41) is 3.92. The lowest BCUT2D eigenvalue weighted by Crippen LogP contribution is -2.38. The molecule has 7 heteroatoms. The number of aromatic nitrogens is 2. The Morgan fingerprint density at radius 1 is 1.50 bits per heavy atom. The van der Waals surface area contributed by atoms with Gasteiger partial charge in [-0.1, -0.05) is 0 Å². The van der Waals surface area contributed by atoms with Crippen molar-refractivity contribution in [3.05, 3.63) is 12.3 Å². The summed E-state index contributed by atoms with van der Waals surface area (Å²) in [7, 11) is 0. The molecule has 2 rings (SSSR count). The van der Waals surface area contributed by atoms with Gasteiger partial charge in [-0.05, 0) is 6.07 Å². The van der Waals surface area contributed by atoms with E-state index in [0.29, 0.717) is 12.4 Å². The number of nitrogens with two attached hydrogens (primary N) is 1. The fourth-order valence-electron chi connectivity index (χ4n) is 1.76. The van der Waals surface area contributed by atoms with Crippen LogP contribution in [0.5, 0.6) is 0 Å². The van der Waals surface area contributed by atoms with Crippen LogP contribution in [0.1, 0.15) is 0 Å². The van der Waals surface area contributed by atoms with Crippen LogP contribution in [0.4, 0.5) is 5.82 Å². The number of anilines is 1. The van der Waals surface area contributed by atoms with Gasteiger partial charge in [-0.2, -0.15) is 5.10 Å². The molecule has 0 amide bonds. The Morgan fingerprint density at radius 3 is 2.94 bits per heavy atom. The molecule has 0 atom stereocenters. The van der Waals surface area contributed by atoms with Crippen molar-refractivity contribution in [2.24, 2.45) is 0 Å². The molecule has 1 fully saturated rings. The molecule has 100 valence electrons. The minimum Gasteiger partial charge on any atom is -0.463 e. The van der Waals surface area contributed by atoms with Gasteiger partial charge in [0.25, 0.3) is 0 Å². The lowest BCUT2D eigenvalue weighted by Gasteiger charge is -2.26. The van der Waals surface area contributed by atoms with Crippen LogP contribution in [0.2, 0.25) is 0 Å². The molecule has 1 aliphatic rings. The lowest BCUT2D eigenvalue weighted by molar-refractivity contribution is -0.145. The maximum absolute atomic E-state index is 11.5. The Balaban J connectivity index is 1.62. The first kappa shape index (κ1) is 12.8. The molecule has 0 radical (unpaired) electrons. The molecular formula is C11H18N4O3. The number of rotatable bonds is 5. The smallest absolute Gasteiger partial charge is 0.327 e. The standard InChI is InChI=1S/C11H18N4O3/c12-10-1-2-15(13-10)9-11(16)18-8-5-14-3-6-17-7-4-14/h1-2H,3-9H2,(H2,12,13). The molecule has 0 unspecified atom stereocenters. The van der Waals surface area contributed by atoms with E-state index in [1.54, 1.807) is 12.3 Å². The number of hydrogen-bond donors (Lipinski definition) is 1. The number of ether oxygens (including phenoxy) is 2. The van der Waals surface area contributed by atoms with Crippen molar-refractivity contribution < 1.29 is 14.3 Å². The average Bonchev–Trinajstić information content (AvgIpc) is 2.76. The van der Waals surface area contributed by atoms with Gasteiger partial charge in [0.15, 0.2) is 0 Å². The Labute approximate surface area is 105 Å². The van der Waals surface area contributed by atoms with Gasteiger partial charge in [0.1, 0.15) is 19.0 Å². The summed E-state index contributed by atoms with van der Waals surface area (Å²) in [6, 6.07) is 1.64. The molecule has 18 heavy (non-hydrogen) atoms.